The van der Waals surface area contributed by atoms with E-state index in [1.807, 2.05) is 5.43 Å². The lowest BCUT2D eigenvalue weighted by atomic mass is 9.87. The van der Waals surface area contributed by atoms with Crippen LogP contribution in [0.1, 0.15) is 122 Å². The Morgan fingerprint density at radius 3 is 1.56 bits per heavy atom. The number of benzene rings is 2. The number of anilines is 4. The highest BCUT2D eigenvalue weighted by Crippen LogP contribution is 2.24. The number of carboxylic acids is 1. The number of nitrogens with two attached hydrogens (primary N) is 3. The number of ketones is 2. The molecule has 0 aliphatic heterocycles. The zero-order valence-electron chi connectivity index (χ0n) is 45.8. The fourth-order valence-corrected chi connectivity index (χ4v) is 7.81. The van der Waals surface area contributed by atoms with E-state index in [4.69, 9.17) is 22.0 Å². The number of hydrazine groups is 1. The number of aromatic amines is 2. The Labute approximate surface area is 483 Å². The molecule has 0 spiro atoms. The van der Waals surface area contributed by atoms with Crippen molar-refractivity contribution in [2.24, 2.45) is 22.8 Å². The summed E-state index contributed by atoms with van der Waals surface area (Å²) in [5, 5.41) is 24.5. The molecular formula is C54H64N18O13. The highest BCUT2D eigenvalue weighted by atomic mass is 16.5. The maximum atomic E-state index is 12.7. The summed E-state index contributed by atoms with van der Waals surface area (Å²) in [6.45, 7) is 0.668. The maximum absolute atomic E-state index is 12.7. The van der Waals surface area contributed by atoms with Crippen molar-refractivity contribution >= 4 is 106 Å². The minimum Gasteiger partial charge on any atom is -0.480 e. The number of amides is 4. The number of carbonyl (C=O) groups excluding carboxylic acids is 8. The number of carboxylic acid groups (broad SMARTS) is 1. The molecule has 2 aromatic carbocycles. The molecule has 0 radical (unpaired) electrons. The van der Waals surface area contributed by atoms with Crippen molar-refractivity contribution in [2.45, 2.75) is 115 Å². The molecule has 2 unspecified atom stereocenters. The molecule has 0 bridgehead atoms. The van der Waals surface area contributed by atoms with Crippen molar-refractivity contribution in [2.75, 3.05) is 22.1 Å². The van der Waals surface area contributed by atoms with E-state index in [0.29, 0.717) is 40.2 Å². The number of hydrazone groups is 1. The van der Waals surface area contributed by atoms with Crippen LogP contribution in [0, 0.1) is 11.8 Å². The lowest BCUT2D eigenvalue weighted by molar-refractivity contribution is -0.139. The van der Waals surface area contributed by atoms with Crippen LogP contribution < -0.4 is 60.5 Å². The summed E-state index contributed by atoms with van der Waals surface area (Å²) in [6, 6.07) is 11.4. The van der Waals surface area contributed by atoms with Gasteiger partial charge in [-0.2, -0.15) is 15.1 Å². The minimum absolute atomic E-state index is 0.00719. The Bertz CT molecular complexity index is 3500. The number of carbonyl (C=O) groups is 9. The molecule has 4 aromatic heterocycles. The number of hydrogen-bond acceptors (Lipinski definition) is 24. The molecule has 448 valence electrons. The first-order chi connectivity index (χ1) is 40.9. The van der Waals surface area contributed by atoms with Gasteiger partial charge in [-0.25, -0.2) is 36.0 Å². The number of fused-ring (bicyclic) bond motifs is 2. The zero-order valence-corrected chi connectivity index (χ0v) is 45.8. The maximum Gasteiger partial charge on any atom is 0.326 e. The normalized spacial score (nSPS) is 13.4. The second-order valence-electron chi connectivity index (χ2n) is 19.4. The lowest BCUT2D eigenvalue weighted by Gasteiger charge is -2.19. The fourth-order valence-electron chi connectivity index (χ4n) is 7.81. The van der Waals surface area contributed by atoms with E-state index in [2.05, 4.69) is 71.7 Å². The van der Waals surface area contributed by atoms with Gasteiger partial charge >= 0.3 is 5.97 Å². The van der Waals surface area contributed by atoms with Crippen LogP contribution in [-0.4, -0.2) is 117 Å². The van der Waals surface area contributed by atoms with E-state index in [-0.39, 0.29) is 128 Å². The van der Waals surface area contributed by atoms with Crippen LogP contribution in [0.15, 0.2) is 75.6 Å². The standard InChI is InChI=1S/C27H31N9O6.C22H25N9O6.C5H8O/c28-27-34-24-23(26(41)35-27)32-19(14-30-24)13-29-18-6-4-17(5-7-18)25(40)33-22(42-15-37)11-9-20(38)8-10-21(39)36-31-12-16-2-1-3-16;23-22-29-18-17(20(35)30-22)27-13(10-26-18)9-25-12-3-1-11(2-4-12)19(34)28-15(21(36)37)7-5-14(32)6-8-16(33)31-24;6-4-5-2-1-3-5/h4-7,12,14-16,22,29H,1-3,8-11,13H2,(H,33,40)(H,36,39)(H3,28,30,34,35,41);1-4,10,15,25H,5-9,24H2,(H,28,34)(H,31,33)(H,36,37)(H3,23,26,29,30,35);4-5H,1-3H2/b31-12+;;. The van der Waals surface area contributed by atoms with Crippen molar-refractivity contribution in [3.05, 3.63) is 104 Å². The van der Waals surface area contributed by atoms with Gasteiger partial charge in [0.2, 0.25) is 23.7 Å². The van der Waals surface area contributed by atoms with Gasteiger partial charge in [-0.15, -0.1) is 0 Å². The summed E-state index contributed by atoms with van der Waals surface area (Å²) in [5.41, 5.74) is 17.5. The molecule has 2 atom stereocenters. The molecule has 2 aliphatic rings. The number of nitrogens with zero attached hydrogens (tertiary/aromatic N) is 7. The molecule has 4 heterocycles. The van der Waals surface area contributed by atoms with Gasteiger partial charge in [0.1, 0.15) is 23.9 Å². The Hall–Kier alpha value is -10.5. The van der Waals surface area contributed by atoms with Crippen LogP contribution in [0.25, 0.3) is 22.3 Å². The predicted octanol–water partition coefficient (Wildman–Crippen LogP) is 1.36. The quantitative estimate of drug-likeness (QED) is 0.00824. The number of aliphatic carboxylic acids is 1. The van der Waals surface area contributed by atoms with Gasteiger partial charge in [-0.05, 0) is 86.6 Å². The van der Waals surface area contributed by atoms with Crippen LogP contribution in [0.4, 0.5) is 23.3 Å². The lowest BCUT2D eigenvalue weighted by Crippen LogP contribution is -2.41. The first-order valence-corrected chi connectivity index (χ1v) is 26.8. The highest BCUT2D eigenvalue weighted by molar-refractivity contribution is 5.97. The topological polar surface area (TPSA) is 489 Å². The summed E-state index contributed by atoms with van der Waals surface area (Å²) >= 11 is 0. The van der Waals surface area contributed by atoms with Crippen LogP contribution in [0.3, 0.4) is 0 Å². The molecule has 31 heteroatoms. The van der Waals surface area contributed by atoms with E-state index in [0.717, 1.165) is 32.0 Å². The second kappa shape index (κ2) is 32.3. The molecule has 85 heavy (non-hydrogen) atoms. The van der Waals surface area contributed by atoms with Gasteiger partial charge in [-0.3, -0.25) is 58.5 Å². The summed E-state index contributed by atoms with van der Waals surface area (Å²) in [6.07, 6.45) is 11.2. The van der Waals surface area contributed by atoms with Gasteiger partial charge in [0.25, 0.3) is 29.4 Å². The van der Waals surface area contributed by atoms with Crippen molar-refractivity contribution in [1.82, 2.24) is 61.4 Å². The zero-order chi connectivity index (χ0) is 61.3. The van der Waals surface area contributed by atoms with E-state index >= 15 is 0 Å². The number of ether oxygens (including phenoxy) is 1. The Kier molecular flexibility index (Phi) is 24.2. The largest absolute Gasteiger partial charge is 0.480 e. The van der Waals surface area contributed by atoms with Crippen molar-refractivity contribution < 1.29 is 53.0 Å². The van der Waals surface area contributed by atoms with Gasteiger partial charge in [0.15, 0.2) is 28.6 Å². The summed E-state index contributed by atoms with van der Waals surface area (Å²) < 4.78 is 4.93. The number of hydrogen-bond donors (Lipinski definition) is 12. The fraction of sp³-hybridized carbons (Fsp3) is 0.370. The molecule has 8 rings (SSSR count). The minimum atomic E-state index is -1.28. The summed E-state index contributed by atoms with van der Waals surface area (Å²) in [7, 11) is 0. The van der Waals surface area contributed by atoms with Crippen LogP contribution >= 0.6 is 0 Å². The number of nitrogen functional groups attached to an aromatic ring is 2. The predicted molar refractivity (Wildman–Crippen MR) is 306 cm³/mol. The second-order valence-corrected chi connectivity index (χ2v) is 19.4. The number of rotatable bonds is 28. The third-order valence-corrected chi connectivity index (χ3v) is 13.1. The number of H-pyrrole nitrogens is 2. The molecule has 15 N–H and O–H groups in total. The molecule has 6 aromatic rings. The molecule has 31 nitrogen and oxygen atoms in total. The smallest absolute Gasteiger partial charge is 0.326 e. The van der Waals surface area contributed by atoms with E-state index in [9.17, 15) is 57.8 Å². The average molecular weight is 1170 g/mol. The van der Waals surface area contributed by atoms with Crippen molar-refractivity contribution in [1.29, 1.82) is 0 Å². The summed E-state index contributed by atoms with van der Waals surface area (Å²) in [5.74, 6) is 1.90. The number of aromatic nitrogens is 8. The van der Waals surface area contributed by atoms with Gasteiger partial charge in [0, 0.05) is 79.6 Å². The van der Waals surface area contributed by atoms with Gasteiger partial charge in [0.05, 0.1) is 36.9 Å². The monoisotopic (exact) mass is 1170 g/mol. The molecule has 4 amide bonds. The Morgan fingerprint density at radius 1 is 0.647 bits per heavy atom. The first-order valence-electron chi connectivity index (χ1n) is 26.8. The summed E-state index contributed by atoms with van der Waals surface area (Å²) in [4.78, 5) is 158. The van der Waals surface area contributed by atoms with E-state index in [1.165, 1.54) is 37.4 Å². The number of nitrogens with one attached hydrogen (secondary N) is 8. The van der Waals surface area contributed by atoms with Gasteiger partial charge < -0.3 is 47.4 Å². The van der Waals surface area contributed by atoms with E-state index in [1.54, 1.807) is 42.6 Å². The van der Waals surface area contributed by atoms with Crippen LogP contribution in [0.5, 0.6) is 0 Å². The van der Waals surface area contributed by atoms with Crippen LogP contribution in [0.2, 0.25) is 0 Å². The van der Waals surface area contributed by atoms with Gasteiger partial charge in [-0.1, -0.05) is 12.8 Å². The average Bonchev–Trinajstić information content (AvgIpc) is 3.23. The number of aldehydes is 1. The van der Waals surface area contributed by atoms with Crippen molar-refractivity contribution in [3.8, 4) is 0 Å². The third kappa shape index (κ3) is 20.8. The molecular weight excluding hydrogens is 1110 g/mol. The Balaban J connectivity index is 0.000000249. The molecule has 2 fully saturated rings. The third-order valence-electron chi connectivity index (χ3n) is 13.1. The molecule has 2 aliphatic carbocycles. The highest BCUT2D eigenvalue weighted by Gasteiger charge is 2.23. The van der Waals surface area contributed by atoms with Crippen LogP contribution in [-0.2, 0) is 51.4 Å². The number of Topliss-reactive ketones (excluding diaryl/α,β-unsaturated/α-hetero) is 2. The SMILES string of the molecule is NNC(=O)CCC(=O)CCC(NC(=O)c1ccc(NCc2cnc3nc(N)[nH]c(=O)c3n2)cc1)C(=O)O.Nc1nc2ncc(CNc3ccc(C(=O)NC(CCC(=O)CCC(=O)N/N=C/C4CCC4)OC=O)cc3)nc2c(=O)[nH]1.O=CC1CCC1. The first kappa shape index (κ1) is 63.7. The molecule has 0 saturated heterocycles. The van der Waals surface area contributed by atoms with Crippen molar-refractivity contribution in [3.63, 3.8) is 0 Å². The molecule has 2 saturated carbocycles. The van der Waals surface area contributed by atoms with E-state index < -0.39 is 47.1 Å². The Morgan fingerprint density at radius 2 is 1.13 bits per heavy atom.